The maximum absolute atomic E-state index is 10.7. The Balaban J connectivity index is 2.01. The van der Waals surface area contributed by atoms with Crippen molar-refractivity contribution in [3.05, 3.63) is 29.8 Å². The van der Waals surface area contributed by atoms with Gasteiger partial charge >= 0.3 is 0 Å². The average Bonchev–Trinajstić information content (AvgIpc) is 3.12. The highest BCUT2D eigenvalue weighted by molar-refractivity contribution is 5.65. The summed E-state index contributed by atoms with van der Waals surface area (Å²) < 4.78 is 5.45. The van der Waals surface area contributed by atoms with E-state index in [9.17, 15) is 9.90 Å². The Bertz CT molecular complexity index is 415. The zero-order chi connectivity index (χ0) is 13.0. The van der Waals surface area contributed by atoms with Crippen molar-refractivity contribution < 1.29 is 19.5 Å². The molecule has 2 rings (SSSR count). The molecule has 0 bridgehead atoms. The van der Waals surface area contributed by atoms with Gasteiger partial charge in [-0.05, 0) is 19.1 Å². The molecule has 1 atom stereocenters. The van der Waals surface area contributed by atoms with Gasteiger partial charge < -0.3 is 19.5 Å². The van der Waals surface area contributed by atoms with Gasteiger partial charge in [0.1, 0.15) is 18.8 Å². The Morgan fingerprint density at radius 3 is 2.89 bits per heavy atom. The van der Waals surface area contributed by atoms with Crippen LogP contribution in [0.15, 0.2) is 24.3 Å². The quantitative estimate of drug-likeness (QED) is 0.701. The van der Waals surface area contributed by atoms with Gasteiger partial charge in [-0.2, -0.15) is 0 Å². The number of carbonyl (C=O) groups excluding carboxylic acids is 1. The lowest BCUT2D eigenvalue weighted by molar-refractivity contribution is -0.919. The first-order valence-electron chi connectivity index (χ1n) is 6.45. The number of carbonyl (C=O) groups is 1. The molecule has 1 unspecified atom stereocenters. The van der Waals surface area contributed by atoms with E-state index in [1.165, 1.54) is 0 Å². The minimum Gasteiger partial charge on any atom is -0.544 e. The molecule has 0 aliphatic heterocycles. The molecule has 1 aliphatic rings. The van der Waals surface area contributed by atoms with Crippen LogP contribution in [-0.2, 0) is 11.3 Å². The lowest BCUT2D eigenvalue weighted by Gasteiger charge is -2.19. The summed E-state index contributed by atoms with van der Waals surface area (Å²) in [6.45, 7) is 3.40. The molecule has 0 amide bonds. The van der Waals surface area contributed by atoms with Gasteiger partial charge in [-0.3, -0.25) is 0 Å². The maximum atomic E-state index is 10.7. The van der Waals surface area contributed by atoms with Crippen molar-refractivity contribution in [2.45, 2.75) is 32.4 Å². The molecule has 4 nitrogen and oxygen atoms in total. The van der Waals surface area contributed by atoms with E-state index in [0.29, 0.717) is 12.6 Å². The molecular weight excluding hydrogens is 230 g/mol. The van der Waals surface area contributed by atoms with E-state index in [0.717, 1.165) is 35.6 Å². The van der Waals surface area contributed by atoms with Crippen LogP contribution >= 0.6 is 0 Å². The van der Waals surface area contributed by atoms with Crippen LogP contribution < -0.4 is 14.7 Å². The number of carboxylic acid groups (broad SMARTS) is 1. The number of aliphatic carboxylic acids is 1. The smallest absolute Gasteiger partial charge is 0.119 e. The minimum absolute atomic E-state index is 0.0868. The molecule has 0 heterocycles. The van der Waals surface area contributed by atoms with Gasteiger partial charge in [0.2, 0.25) is 0 Å². The molecule has 98 valence electrons. The molecular formula is C14H19NO3. The van der Waals surface area contributed by atoms with Gasteiger partial charge in [0.15, 0.2) is 0 Å². The van der Waals surface area contributed by atoms with Crippen molar-refractivity contribution in [2.75, 3.05) is 13.2 Å². The van der Waals surface area contributed by atoms with Gasteiger partial charge in [0.05, 0.1) is 18.6 Å². The number of hydrogen-bond donors (Lipinski definition) is 1. The predicted molar refractivity (Wildman–Crippen MR) is 65.2 cm³/mol. The van der Waals surface area contributed by atoms with Crippen molar-refractivity contribution in [1.29, 1.82) is 0 Å². The Morgan fingerprint density at radius 2 is 2.28 bits per heavy atom. The van der Waals surface area contributed by atoms with Crippen LogP contribution in [0.2, 0.25) is 0 Å². The third-order valence-electron chi connectivity index (χ3n) is 3.17. The molecule has 18 heavy (non-hydrogen) atoms. The first kappa shape index (κ1) is 12.9. The second-order valence-electron chi connectivity index (χ2n) is 4.74. The Morgan fingerprint density at radius 1 is 1.50 bits per heavy atom. The Hall–Kier alpha value is -1.55. The van der Waals surface area contributed by atoms with E-state index in [4.69, 9.17) is 4.74 Å². The minimum atomic E-state index is -0.974. The first-order chi connectivity index (χ1) is 8.69. The highest BCUT2D eigenvalue weighted by Crippen LogP contribution is 2.17. The number of carboxylic acids is 1. The first-order valence-corrected chi connectivity index (χ1v) is 6.45. The number of hydrogen-bond acceptors (Lipinski definition) is 3. The fraction of sp³-hybridized carbons (Fsp3) is 0.500. The summed E-state index contributed by atoms with van der Waals surface area (Å²) in [6, 6.07) is 8.35. The van der Waals surface area contributed by atoms with Crippen LogP contribution in [0.3, 0.4) is 0 Å². The zero-order valence-corrected chi connectivity index (χ0v) is 10.6. The van der Waals surface area contributed by atoms with Crippen LogP contribution in [0.5, 0.6) is 5.75 Å². The summed E-state index contributed by atoms with van der Waals surface area (Å²) in [6.07, 6.45) is 2.24. The number of benzene rings is 1. The van der Waals surface area contributed by atoms with Gasteiger partial charge in [-0.1, -0.05) is 12.1 Å². The standard InChI is InChI=1S/C14H19NO3/c1-2-18-13-5-3-4-11(8-13)9-15(10-14(16)17)12-6-7-12/h3-5,8,12H,2,6-7,9-10H2,1H3,(H,16,17). The molecule has 1 fully saturated rings. The average molecular weight is 249 g/mol. The third-order valence-corrected chi connectivity index (χ3v) is 3.17. The second-order valence-corrected chi connectivity index (χ2v) is 4.74. The van der Waals surface area contributed by atoms with Crippen molar-refractivity contribution in [2.24, 2.45) is 0 Å². The predicted octanol–water partition coefficient (Wildman–Crippen LogP) is -0.617. The van der Waals surface area contributed by atoms with Crippen molar-refractivity contribution >= 4 is 5.97 Å². The van der Waals surface area contributed by atoms with E-state index in [1.807, 2.05) is 31.2 Å². The van der Waals surface area contributed by atoms with E-state index in [-0.39, 0.29) is 6.54 Å². The summed E-state index contributed by atoms with van der Waals surface area (Å²) in [7, 11) is 0. The Kier molecular flexibility index (Phi) is 4.20. The van der Waals surface area contributed by atoms with E-state index in [1.54, 1.807) is 0 Å². The molecule has 1 aromatic rings. The lowest BCUT2D eigenvalue weighted by atomic mass is 10.2. The van der Waals surface area contributed by atoms with Crippen LogP contribution in [0.1, 0.15) is 25.3 Å². The fourth-order valence-electron chi connectivity index (χ4n) is 2.20. The van der Waals surface area contributed by atoms with Crippen molar-refractivity contribution in [1.82, 2.24) is 0 Å². The van der Waals surface area contributed by atoms with Crippen LogP contribution in [0.25, 0.3) is 0 Å². The summed E-state index contributed by atoms with van der Waals surface area (Å²) in [5, 5.41) is 10.7. The molecule has 1 saturated carbocycles. The third kappa shape index (κ3) is 3.74. The van der Waals surface area contributed by atoms with Crippen molar-refractivity contribution in [3.8, 4) is 5.75 Å². The van der Waals surface area contributed by atoms with Crippen LogP contribution in [-0.4, -0.2) is 25.2 Å². The number of nitrogens with one attached hydrogen (secondary N) is 1. The Labute approximate surface area is 107 Å². The largest absolute Gasteiger partial charge is 0.544 e. The number of rotatable bonds is 7. The van der Waals surface area contributed by atoms with Crippen LogP contribution in [0.4, 0.5) is 0 Å². The molecule has 0 radical (unpaired) electrons. The monoisotopic (exact) mass is 249 g/mol. The molecule has 4 heteroatoms. The van der Waals surface area contributed by atoms with E-state index < -0.39 is 5.97 Å². The highest BCUT2D eigenvalue weighted by atomic mass is 16.5. The zero-order valence-electron chi connectivity index (χ0n) is 10.6. The molecule has 1 N–H and O–H groups in total. The van der Waals surface area contributed by atoms with Crippen molar-refractivity contribution in [3.63, 3.8) is 0 Å². The van der Waals surface area contributed by atoms with E-state index in [2.05, 4.69) is 0 Å². The molecule has 0 saturated heterocycles. The lowest BCUT2D eigenvalue weighted by Crippen LogP contribution is -3.13. The summed E-state index contributed by atoms with van der Waals surface area (Å²) in [5.41, 5.74) is 1.11. The van der Waals surface area contributed by atoms with Gasteiger partial charge in [-0.15, -0.1) is 0 Å². The second kappa shape index (κ2) is 5.87. The maximum Gasteiger partial charge on any atom is 0.119 e. The van der Waals surface area contributed by atoms with Crippen LogP contribution in [0, 0.1) is 0 Å². The summed E-state index contributed by atoms with van der Waals surface area (Å²) in [4.78, 5) is 11.8. The van der Waals surface area contributed by atoms with Gasteiger partial charge in [-0.25, -0.2) is 0 Å². The van der Waals surface area contributed by atoms with E-state index >= 15 is 0 Å². The molecule has 0 spiro atoms. The summed E-state index contributed by atoms with van der Waals surface area (Å²) in [5.74, 6) is -0.128. The molecule has 1 aliphatic carbocycles. The topological polar surface area (TPSA) is 53.8 Å². The number of quaternary nitrogens is 1. The summed E-state index contributed by atoms with van der Waals surface area (Å²) >= 11 is 0. The normalized spacial score (nSPS) is 16.3. The van der Waals surface area contributed by atoms with Gasteiger partial charge in [0, 0.05) is 18.4 Å². The van der Waals surface area contributed by atoms with Gasteiger partial charge in [0.25, 0.3) is 0 Å². The molecule has 1 aromatic carbocycles. The molecule has 0 aromatic heterocycles. The number of ether oxygens (including phenoxy) is 1. The highest BCUT2D eigenvalue weighted by Gasteiger charge is 2.33. The fourth-order valence-corrected chi connectivity index (χ4v) is 2.20. The SMILES string of the molecule is CCOc1cccc(C[NH+](CC(=O)[O-])C2CC2)c1.